The van der Waals surface area contributed by atoms with Crippen molar-refractivity contribution in [3.63, 3.8) is 0 Å². The Labute approximate surface area is 117 Å². The standard InChI is InChI=1S/C14H15N5O/c15-8-3-5-12-4-1-2-6-13(12)18-14(20)7-9-19-11-16-10-17-19/h1-2,4,6,10-11H,7-9,15H2,(H,18,20). The van der Waals surface area contributed by atoms with Crippen molar-refractivity contribution in [1.82, 2.24) is 14.8 Å². The number of benzene rings is 1. The average molecular weight is 269 g/mol. The normalized spacial score (nSPS) is 9.65. The quantitative estimate of drug-likeness (QED) is 0.797. The Balaban J connectivity index is 1.97. The number of anilines is 1. The number of nitrogens with two attached hydrogens (primary N) is 1. The number of rotatable bonds is 4. The van der Waals surface area contributed by atoms with Gasteiger partial charge in [-0.05, 0) is 12.1 Å². The van der Waals surface area contributed by atoms with E-state index in [0.717, 1.165) is 5.56 Å². The second-order valence-corrected chi connectivity index (χ2v) is 4.01. The molecule has 1 amide bonds. The largest absolute Gasteiger partial charge is 0.325 e. The highest BCUT2D eigenvalue weighted by molar-refractivity contribution is 5.92. The lowest BCUT2D eigenvalue weighted by Gasteiger charge is -2.07. The molecule has 0 unspecified atom stereocenters. The molecule has 0 saturated carbocycles. The molecular formula is C14H15N5O. The Kier molecular flexibility index (Phi) is 4.87. The fourth-order valence-electron chi connectivity index (χ4n) is 1.62. The fraction of sp³-hybridized carbons (Fsp3) is 0.214. The van der Waals surface area contributed by atoms with Crippen LogP contribution >= 0.6 is 0 Å². The third-order valence-corrected chi connectivity index (χ3v) is 2.56. The van der Waals surface area contributed by atoms with E-state index in [2.05, 4.69) is 27.2 Å². The lowest BCUT2D eigenvalue weighted by molar-refractivity contribution is -0.116. The minimum Gasteiger partial charge on any atom is -0.325 e. The average Bonchev–Trinajstić information content (AvgIpc) is 2.97. The molecule has 0 aliphatic heterocycles. The molecule has 3 N–H and O–H groups in total. The molecule has 2 aromatic rings. The molecule has 0 aliphatic carbocycles. The Bertz CT molecular complexity index is 625. The number of carbonyl (C=O) groups is 1. The molecule has 6 heteroatoms. The van der Waals surface area contributed by atoms with Crippen LogP contribution in [0.15, 0.2) is 36.9 Å². The van der Waals surface area contributed by atoms with Crippen LogP contribution in [0.25, 0.3) is 0 Å². The number of nitrogens with zero attached hydrogens (tertiary/aromatic N) is 3. The van der Waals surface area contributed by atoms with Crippen LogP contribution in [-0.4, -0.2) is 27.2 Å². The van der Waals surface area contributed by atoms with Gasteiger partial charge in [0.25, 0.3) is 0 Å². The van der Waals surface area contributed by atoms with E-state index in [1.165, 1.54) is 6.33 Å². The maximum Gasteiger partial charge on any atom is 0.226 e. The van der Waals surface area contributed by atoms with E-state index in [-0.39, 0.29) is 12.5 Å². The van der Waals surface area contributed by atoms with Crippen molar-refractivity contribution in [1.29, 1.82) is 0 Å². The number of nitrogens with one attached hydrogen (secondary N) is 1. The molecule has 0 atom stereocenters. The number of aryl methyl sites for hydroxylation is 1. The van der Waals surface area contributed by atoms with Crippen LogP contribution in [-0.2, 0) is 11.3 Å². The Morgan fingerprint density at radius 3 is 3.00 bits per heavy atom. The molecule has 2 rings (SSSR count). The molecule has 0 bridgehead atoms. The van der Waals surface area contributed by atoms with Gasteiger partial charge in [-0.3, -0.25) is 9.48 Å². The zero-order chi connectivity index (χ0) is 14.2. The van der Waals surface area contributed by atoms with Gasteiger partial charge in [0, 0.05) is 12.0 Å². The van der Waals surface area contributed by atoms with Crippen LogP contribution < -0.4 is 11.1 Å². The summed E-state index contributed by atoms with van der Waals surface area (Å²) < 4.78 is 1.61. The summed E-state index contributed by atoms with van der Waals surface area (Å²) in [5.74, 6) is 5.61. The molecule has 1 aromatic carbocycles. The maximum atomic E-state index is 11.9. The zero-order valence-corrected chi connectivity index (χ0v) is 10.9. The van der Waals surface area contributed by atoms with Gasteiger partial charge in [0.15, 0.2) is 0 Å². The first-order chi connectivity index (χ1) is 9.79. The first-order valence-corrected chi connectivity index (χ1v) is 6.20. The second-order valence-electron chi connectivity index (χ2n) is 4.01. The van der Waals surface area contributed by atoms with E-state index in [1.54, 1.807) is 11.0 Å². The van der Waals surface area contributed by atoms with Crippen molar-refractivity contribution in [3.8, 4) is 11.8 Å². The summed E-state index contributed by atoms with van der Waals surface area (Å²) in [6.45, 7) is 0.775. The Morgan fingerprint density at radius 2 is 2.25 bits per heavy atom. The third-order valence-electron chi connectivity index (χ3n) is 2.56. The van der Waals surface area contributed by atoms with Gasteiger partial charge in [-0.15, -0.1) is 0 Å². The van der Waals surface area contributed by atoms with Crippen molar-refractivity contribution in [3.05, 3.63) is 42.5 Å². The summed E-state index contributed by atoms with van der Waals surface area (Å²) >= 11 is 0. The SMILES string of the molecule is NCC#Cc1ccccc1NC(=O)CCn1cncn1. The predicted molar refractivity (Wildman–Crippen MR) is 75.6 cm³/mol. The highest BCUT2D eigenvalue weighted by Gasteiger charge is 2.05. The van der Waals surface area contributed by atoms with Crippen LogP contribution in [0.1, 0.15) is 12.0 Å². The molecule has 0 radical (unpaired) electrons. The van der Waals surface area contributed by atoms with Crippen molar-refractivity contribution >= 4 is 11.6 Å². The topological polar surface area (TPSA) is 85.8 Å². The lowest BCUT2D eigenvalue weighted by atomic mass is 10.1. The summed E-state index contributed by atoms with van der Waals surface area (Å²) in [6, 6.07) is 7.37. The Hall–Kier alpha value is -2.65. The van der Waals surface area contributed by atoms with Gasteiger partial charge >= 0.3 is 0 Å². The first kappa shape index (κ1) is 13.8. The lowest BCUT2D eigenvalue weighted by Crippen LogP contribution is -2.15. The summed E-state index contributed by atoms with van der Waals surface area (Å²) in [7, 11) is 0. The van der Waals surface area contributed by atoms with E-state index < -0.39 is 0 Å². The molecule has 0 aliphatic rings. The zero-order valence-electron chi connectivity index (χ0n) is 10.9. The van der Waals surface area contributed by atoms with Gasteiger partial charge in [-0.2, -0.15) is 5.10 Å². The van der Waals surface area contributed by atoms with E-state index in [4.69, 9.17) is 5.73 Å². The molecule has 0 saturated heterocycles. The molecule has 0 spiro atoms. The number of para-hydroxylation sites is 1. The van der Waals surface area contributed by atoms with Gasteiger partial charge in [0.1, 0.15) is 12.7 Å². The molecular weight excluding hydrogens is 254 g/mol. The number of hydrogen-bond acceptors (Lipinski definition) is 4. The highest BCUT2D eigenvalue weighted by Crippen LogP contribution is 2.13. The number of amides is 1. The van der Waals surface area contributed by atoms with Gasteiger partial charge in [0.2, 0.25) is 5.91 Å². The Morgan fingerprint density at radius 1 is 1.40 bits per heavy atom. The fourth-order valence-corrected chi connectivity index (χ4v) is 1.62. The van der Waals surface area contributed by atoms with E-state index >= 15 is 0 Å². The monoisotopic (exact) mass is 269 g/mol. The first-order valence-electron chi connectivity index (χ1n) is 6.20. The minimum absolute atomic E-state index is 0.0949. The van der Waals surface area contributed by atoms with Gasteiger partial charge < -0.3 is 11.1 Å². The molecule has 102 valence electrons. The van der Waals surface area contributed by atoms with E-state index in [1.807, 2.05) is 24.3 Å². The van der Waals surface area contributed by atoms with Crippen LogP contribution in [0.3, 0.4) is 0 Å². The molecule has 0 fully saturated rings. The van der Waals surface area contributed by atoms with Crippen LogP contribution in [0, 0.1) is 11.8 Å². The minimum atomic E-state index is -0.0949. The smallest absolute Gasteiger partial charge is 0.226 e. The van der Waals surface area contributed by atoms with Crippen molar-refractivity contribution in [2.75, 3.05) is 11.9 Å². The van der Waals surface area contributed by atoms with Crippen LogP contribution in [0.2, 0.25) is 0 Å². The van der Waals surface area contributed by atoms with Gasteiger partial charge in [-0.25, -0.2) is 4.98 Å². The van der Waals surface area contributed by atoms with Crippen molar-refractivity contribution in [2.24, 2.45) is 5.73 Å². The summed E-state index contributed by atoms with van der Waals surface area (Å²) in [5, 5.41) is 6.78. The van der Waals surface area contributed by atoms with Crippen LogP contribution in [0.5, 0.6) is 0 Å². The predicted octanol–water partition coefficient (Wildman–Crippen LogP) is 0.617. The summed E-state index contributed by atoms with van der Waals surface area (Å²) in [5.41, 5.74) is 6.80. The highest BCUT2D eigenvalue weighted by atomic mass is 16.1. The summed E-state index contributed by atoms with van der Waals surface area (Å²) in [4.78, 5) is 15.7. The number of hydrogen-bond donors (Lipinski definition) is 2. The maximum absolute atomic E-state index is 11.9. The number of aromatic nitrogens is 3. The molecule has 1 heterocycles. The van der Waals surface area contributed by atoms with Crippen LogP contribution in [0.4, 0.5) is 5.69 Å². The van der Waals surface area contributed by atoms with Crippen molar-refractivity contribution < 1.29 is 4.79 Å². The van der Waals surface area contributed by atoms with E-state index in [9.17, 15) is 4.79 Å². The molecule has 20 heavy (non-hydrogen) atoms. The molecule has 6 nitrogen and oxygen atoms in total. The van der Waals surface area contributed by atoms with Gasteiger partial charge in [0.05, 0.1) is 18.8 Å². The van der Waals surface area contributed by atoms with Crippen molar-refractivity contribution in [2.45, 2.75) is 13.0 Å². The second kappa shape index (κ2) is 7.07. The molecule has 1 aromatic heterocycles. The van der Waals surface area contributed by atoms with E-state index in [0.29, 0.717) is 18.7 Å². The number of carbonyl (C=O) groups excluding carboxylic acids is 1. The summed E-state index contributed by atoms with van der Waals surface area (Å²) in [6.07, 6.45) is 3.34. The van der Waals surface area contributed by atoms with Gasteiger partial charge in [-0.1, -0.05) is 24.0 Å². The third kappa shape index (κ3) is 3.93.